The van der Waals surface area contributed by atoms with Crippen LogP contribution in [0.1, 0.15) is 45.7 Å². The third-order valence-electron chi connectivity index (χ3n) is 4.27. The zero-order chi connectivity index (χ0) is 13.3. The fourth-order valence-electron chi connectivity index (χ4n) is 2.74. The van der Waals surface area contributed by atoms with E-state index in [-0.39, 0.29) is 0 Å². The number of nitrogens with two attached hydrogens (primary N) is 1. The van der Waals surface area contributed by atoms with Gasteiger partial charge in [0.15, 0.2) is 0 Å². The third kappa shape index (κ3) is 2.47. The lowest BCUT2D eigenvalue weighted by Crippen LogP contribution is -2.29. The number of rotatable bonds is 3. The van der Waals surface area contributed by atoms with Crippen LogP contribution >= 0.6 is 0 Å². The van der Waals surface area contributed by atoms with Gasteiger partial charge < -0.3 is 10.5 Å². The Bertz CT molecular complexity index is 413. The summed E-state index contributed by atoms with van der Waals surface area (Å²) in [5.41, 5.74) is 7.73. The Morgan fingerprint density at radius 3 is 2.61 bits per heavy atom. The lowest BCUT2D eigenvalue weighted by Gasteiger charge is -2.32. The van der Waals surface area contributed by atoms with Gasteiger partial charge in [0, 0.05) is 7.05 Å². The van der Waals surface area contributed by atoms with E-state index in [2.05, 4.69) is 25.9 Å². The molecule has 102 valence electrons. The zero-order valence-electron chi connectivity index (χ0n) is 11.9. The quantitative estimate of drug-likeness (QED) is 0.898. The molecule has 2 rings (SSSR count). The Morgan fingerprint density at radius 2 is 2.06 bits per heavy atom. The van der Waals surface area contributed by atoms with Gasteiger partial charge in [0.1, 0.15) is 11.8 Å². The second kappa shape index (κ2) is 5.21. The van der Waals surface area contributed by atoms with Gasteiger partial charge in [-0.2, -0.15) is 5.10 Å². The summed E-state index contributed by atoms with van der Waals surface area (Å²) in [6, 6.07) is 0. The monoisotopic (exact) mass is 251 g/mol. The van der Waals surface area contributed by atoms with E-state index >= 15 is 0 Å². The molecule has 1 aliphatic rings. The molecule has 1 saturated carbocycles. The maximum atomic E-state index is 6.09. The Kier molecular flexibility index (Phi) is 3.83. The molecule has 0 amide bonds. The highest BCUT2D eigenvalue weighted by Gasteiger charge is 2.27. The smallest absolute Gasteiger partial charge is 0.236 e. The average molecular weight is 251 g/mol. The van der Waals surface area contributed by atoms with Crippen LogP contribution in [0.25, 0.3) is 0 Å². The summed E-state index contributed by atoms with van der Waals surface area (Å²) in [5.74, 6) is 2.28. The molecular weight excluding hydrogens is 226 g/mol. The van der Waals surface area contributed by atoms with Gasteiger partial charge in [0.25, 0.3) is 0 Å². The lowest BCUT2D eigenvalue weighted by atomic mass is 9.80. The van der Waals surface area contributed by atoms with Crippen LogP contribution in [0.3, 0.4) is 0 Å². The summed E-state index contributed by atoms with van der Waals surface area (Å²) in [6.07, 6.45) is 4.62. The number of hydrogen-bond acceptors (Lipinski definition) is 3. The van der Waals surface area contributed by atoms with Crippen LogP contribution in [0.5, 0.6) is 5.88 Å². The standard InChI is InChI=1S/C14H25N3O/c1-5-12-13(15)14(17(4)16-12)18-11-7-6-9(2)10(3)8-11/h9-11H,5-8,15H2,1-4H3. The van der Waals surface area contributed by atoms with Crippen molar-refractivity contribution in [1.29, 1.82) is 0 Å². The van der Waals surface area contributed by atoms with Crippen molar-refractivity contribution in [2.75, 3.05) is 5.73 Å². The van der Waals surface area contributed by atoms with E-state index in [0.29, 0.717) is 11.8 Å². The molecule has 1 aromatic rings. The van der Waals surface area contributed by atoms with Crippen LogP contribution in [-0.4, -0.2) is 15.9 Å². The highest BCUT2D eigenvalue weighted by atomic mass is 16.5. The molecule has 3 unspecified atom stereocenters. The van der Waals surface area contributed by atoms with Crippen LogP contribution in [0.15, 0.2) is 0 Å². The van der Waals surface area contributed by atoms with Crippen LogP contribution in [0, 0.1) is 11.8 Å². The largest absolute Gasteiger partial charge is 0.473 e. The molecule has 0 bridgehead atoms. The van der Waals surface area contributed by atoms with E-state index in [9.17, 15) is 0 Å². The molecule has 4 heteroatoms. The maximum absolute atomic E-state index is 6.09. The summed E-state index contributed by atoms with van der Waals surface area (Å²) < 4.78 is 7.87. The second-order valence-electron chi connectivity index (χ2n) is 5.65. The zero-order valence-corrected chi connectivity index (χ0v) is 11.9. The predicted molar refractivity (Wildman–Crippen MR) is 73.6 cm³/mol. The Morgan fingerprint density at radius 1 is 1.33 bits per heavy atom. The van der Waals surface area contributed by atoms with E-state index in [1.807, 2.05) is 7.05 Å². The van der Waals surface area contributed by atoms with Crippen LogP contribution in [0.4, 0.5) is 5.69 Å². The first-order valence-electron chi connectivity index (χ1n) is 7.00. The maximum Gasteiger partial charge on any atom is 0.236 e. The van der Waals surface area contributed by atoms with Crippen LogP contribution < -0.4 is 10.5 Å². The molecule has 0 radical (unpaired) electrons. The summed E-state index contributed by atoms with van der Waals surface area (Å²) in [6.45, 7) is 6.70. The minimum absolute atomic E-state index is 0.290. The molecule has 1 fully saturated rings. The van der Waals surface area contributed by atoms with Gasteiger partial charge in [-0.1, -0.05) is 20.8 Å². The Labute approximate surface area is 110 Å². The molecule has 0 spiro atoms. The molecule has 1 heterocycles. The number of aryl methyl sites for hydroxylation is 2. The first-order valence-corrected chi connectivity index (χ1v) is 7.00. The van der Waals surface area contributed by atoms with Crippen molar-refractivity contribution in [3.63, 3.8) is 0 Å². The second-order valence-corrected chi connectivity index (χ2v) is 5.65. The van der Waals surface area contributed by atoms with Crippen LogP contribution in [0.2, 0.25) is 0 Å². The van der Waals surface area contributed by atoms with Gasteiger partial charge in [0.2, 0.25) is 5.88 Å². The number of hydrogen-bond donors (Lipinski definition) is 1. The molecule has 0 saturated heterocycles. The van der Waals surface area contributed by atoms with Crippen molar-refractivity contribution in [3.8, 4) is 5.88 Å². The van der Waals surface area contributed by atoms with E-state index in [4.69, 9.17) is 10.5 Å². The van der Waals surface area contributed by atoms with Gasteiger partial charge in [-0.15, -0.1) is 0 Å². The van der Waals surface area contributed by atoms with Crippen molar-refractivity contribution in [2.45, 2.75) is 52.6 Å². The van der Waals surface area contributed by atoms with Crippen molar-refractivity contribution >= 4 is 5.69 Å². The van der Waals surface area contributed by atoms with Crippen molar-refractivity contribution in [3.05, 3.63) is 5.69 Å². The molecule has 1 aliphatic carbocycles. The summed E-state index contributed by atoms with van der Waals surface area (Å²) in [7, 11) is 1.90. The summed E-state index contributed by atoms with van der Waals surface area (Å²) in [4.78, 5) is 0. The predicted octanol–water partition coefficient (Wildman–Crippen LogP) is 2.77. The van der Waals surface area contributed by atoms with Gasteiger partial charge in [-0.3, -0.25) is 0 Å². The summed E-state index contributed by atoms with van der Waals surface area (Å²) >= 11 is 0. The molecule has 18 heavy (non-hydrogen) atoms. The van der Waals surface area contributed by atoms with Gasteiger partial charge >= 0.3 is 0 Å². The number of nitrogens with zero attached hydrogens (tertiary/aromatic N) is 2. The fraction of sp³-hybridized carbons (Fsp3) is 0.786. The average Bonchev–Trinajstić information content (AvgIpc) is 2.61. The molecule has 4 nitrogen and oxygen atoms in total. The minimum Gasteiger partial charge on any atom is -0.473 e. The molecule has 3 atom stereocenters. The SMILES string of the molecule is CCc1nn(C)c(OC2CCC(C)C(C)C2)c1N. The lowest BCUT2D eigenvalue weighted by molar-refractivity contribution is 0.0931. The number of anilines is 1. The number of ether oxygens (including phenoxy) is 1. The third-order valence-corrected chi connectivity index (χ3v) is 4.27. The molecule has 0 aliphatic heterocycles. The molecular formula is C14H25N3O. The topological polar surface area (TPSA) is 53.1 Å². The number of nitrogen functional groups attached to an aromatic ring is 1. The molecule has 2 N–H and O–H groups in total. The Balaban J connectivity index is 2.08. The molecule has 0 aromatic carbocycles. The van der Waals surface area contributed by atoms with Gasteiger partial charge in [-0.25, -0.2) is 4.68 Å². The van der Waals surface area contributed by atoms with Gasteiger partial charge in [-0.05, 0) is 37.5 Å². The number of aromatic nitrogens is 2. The highest BCUT2D eigenvalue weighted by Crippen LogP contribution is 2.34. The van der Waals surface area contributed by atoms with Crippen molar-refractivity contribution in [2.24, 2.45) is 18.9 Å². The van der Waals surface area contributed by atoms with Crippen LogP contribution in [-0.2, 0) is 13.5 Å². The van der Waals surface area contributed by atoms with E-state index in [1.54, 1.807) is 4.68 Å². The van der Waals surface area contributed by atoms with E-state index in [1.165, 1.54) is 6.42 Å². The normalized spacial score (nSPS) is 28.3. The molecule has 1 aromatic heterocycles. The first kappa shape index (κ1) is 13.2. The minimum atomic E-state index is 0.290. The van der Waals surface area contributed by atoms with Gasteiger partial charge in [0.05, 0.1) is 5.69 Å². The Hall–Kier alpha value is -1.19. The van der Waals surface area contributed by atoms with E-state index < -0.39 is 0 Å². The highest BCUT2D eigenvalue weighted by molar-refractivity contribution is 5.53. The van der Waals surface area contributed by atoms with E-state index in [0.717, 1.165) is 42.7 Å². The fourth-order valence-corrected chi connectivity index (χ4v) is 2.74. The van der Waals surface area contributed by atoms with Crippen molar-refractivity contribution in [1.82, 2.24) is 9.78 Å². The summed E-state index contributed by atoms with van der Waals surface area (Å²) in [5, 5.41) is 4.39. The van der Waals surface area contributed by atoms with Crippen molar-refractivity contribution < 1.29 is 4.74 Å². The first-order chi connectivity index (χ1) is 8.52.